The molecule has 0 fully saturated rings. The van der Waals surface area contributed by atoms with Crippen LogP contribution in [0.15, 0.2) is 24.3 Å². The molecule has 0 radical (unpaired) electrons. The van der Waals surface area contributed by atoms with Gasteiger partial charge in [0, 0.05) is 6.07 Å². The van der Waals surface area contributed by atoms with E-state index in [4.69, 9.17) is 5.73 Å². The highest BCUT2D eigenvalue weighted by molar-refractivity contribution is 5.69. The predicted molar refractivity (Wildman–Crippen MR) is 63.9 cm³/mol. The maximum absolute atomic E-state index is 10.4. The SMILES string of the molecule is CCCC.NC(=O)Oc1ccccc1[N+](=O)[O-]. The van der Waals surface area contributed by atoms with E-state index in [1.54, 1.807) is 0 Å². The maximum Gasteiger partial charge on any atom is 0.410 e. The predicted octanol–water partition coefficient (Wildman–Crippen LogP) is 2.86. The number of nitrogens with two attached hydrogens (primary N) is 1. The molecule has 6 nitrogen and oxygen atoms in total. The lowest BCUT2D eigenvalue weighted by Crippen LogP contribution is -2.16. The number of hydrogen-bond acceptors (Lipinski definition) is 4. The molecule has 94 valence electrons. The minimum Gasteiger partial charge on any atom is -0.403 e. The van der Waals surface area contributed by atoms with E-state index >= 15 is 0 Å². The van der Waals surface area contributed by atoms with Gasteiger partial charge in [-0.2, -0.15) is 0 Å². The first-order valence-electron chi connectivity index (χ1n) is 5.23. The molecule has 0 unspecified atom stereocenters. The van der Waals surface area contributed by atoms with E-state index in [0.717, 1.165) is 0 Å². The monoisotopic (exact) mass is 240 g/mol. The number of amides is 1. The minimum absolute atomic E-state index is 0.153. The Balaban J connectivity index is 0.000000557. The summed E-state index contributed by atoms with van der Waals surface area (Å²) in [7, 11) is 0. The van der Waals surface area contributed by atoms with Gasteiger partial charge in [-0.3, -0.25) is 10.1 Å². The van der Waals surface area contributed by atoms with Gasteiger partial charge in [0.05, 0.1) is 4.92 Å². The summed E-state index contributed by atoms with van der Waals surface area (Å²) in [5.41, 5.74) is 4.42. The second kappa shape index (κ2) is 8.09. The Kier molecular flexibility index (Phi) is 7.09. The number of nitrogens with zero attached hydrogens (tertiary/aromatic N) is 1. The van der Waals surface area contributed by atoms with Gasteiger partial charge < -0.3 is 10.5 Å². The Hall–Kier alpha value is -2.11. The molecule has 0 aliphatic carbocycles. The van der Waals surface area contributed by atoms with Crippen molar-refractivity contribution in [1.82, 2.24) is 0 Å². The van der Waals surface area contributed by atoms with Crippen molar-refractivity contribution >= 4 is 11.8 Å². The molecular formula is C11H16N2O4. The third-order valence-electron chi connectivity index (χ3n) is 1.77. The smallest absolute Gasteiger partial charge is 0.403 e. The molecule has 0 saturated carbocycles. The Morgan fingerprint density at radius 1 is 1.35 bits per heavy atom. The number of benzene rings is 1. The van der Waals surface area contributed by atoms with Crippen LogP contribution in [0.25, 0.3) is 0 Å². The molecule has 6 heteroatoms. The van der Waals surface area contributed by atoms with Gasteiger partial charge >= 0.3 is 11.8 Å². The number of nitro groups is 1. The first-order valence-corrected chi connectivity index (χ1v) is 5.23. The van der Waals surface area contributed by atoms with E-state index in [1.807, 2.05) is 0 Å². The average Bonchev–Trinajstić information content (AvgIpc) is 2.29. The van der Waals surface area contributed by atoms with Gasteiger partial charge in [-0.15, -0.1) is 0 Å². The lowest BCUT2D eigenvalue weighted by atomic mass is 10.3. The van der Waals surface area contributed by atoms with E-state index in [2.05, 4.69) is 18.6 Å². The molecule has 2 N–H and O–H groups in total. The summed E-state index contributed by atoms with van der Waals surface area (Å²) in [6.45, 7) is 4.36. The quantitative estimate of drug-likeness (QED) is 0.649. The fraction of sp³-hybridized carbons (Fsp3) is 0.364. The summed E-state index contributed by atoms with van der Waals surface area (Å²) in [5.74, 6) is -0.153. The molecular weight excluding hydrogens is 224 g/mol. The van der Waals surface area contributed by atoms with E-state index in [-0.39, 0.29) is 11.4 Å². The van der Waals surface area contributed by atoms with Gasteiger partial charge in [-0.25, -0.2) is 4.79 Å². The number of hydrogen-bond donors (Lipinski definition) is 1. The number of para-hydroxylation sites is 2. The molecule has 0 saturated heterocycles. The Labute approximate surface area is 99.5 Å². The Morgan fingerprint density at radius 3 is 2.29 bits per heavy atom. The fourth-order valence-corrected chi connectivity index (χ4v) is 0.803. The van der Waals surface area contributed by atoms with E-state index in [1.165, 1.54) is 37.1 Å². The van der Waals surface area contributed by atoms with Crippen molar-refractivity contribution in [3.05, 3.63) is 34.4 Å². The number of ether oxygens (including phenoxy) is 1. The minimum atomic E-state index is -1.07. The lowest BCUT2D eigenvalue weighted by Gasteiger charge is -2.00. The largest absolute Gasteiger partial charge is 0.410 e. The summed E-state index contributed by atoms with van der Waals surface area (Å²) in [6.07, 6.45) is 1.56. The van der Waals surface area contributed by atoms with Crippen LogP contribution in [0.1, 0.15) is 26.7 Å². The number of carbonyl (C=O) groups is 1. The van der Waals surface area contributed by atoms with Crippen LogP contribution in [-0.2, 0) is 0 Å². The number of primary amides is 1. The summed E-state index contributed by atoms with van der Waals surface area (Å²) in [4.78, 5) is 20.0. The van der Waals surface area contributed by atoms with E-state index < -0.39 is 11.0 Å². The molecule has 0 atom stereocenters. The topological polar surface area (TPSA) is 95.5 Å². The van der Waals surface area contributed by atoms with Crippen LogP contribution in [0.5, 0.6) is 5.75 Å². The van der Waals surface area contributed by atoms with Crippen molar-refractivity contribution in [3.63, 3.8) is 0 Å². The van der Waals surface area contributed by atoms with Crippen LogP contribution >= 0.6 is 0 Å². The van der Waals surface area contributed by atoms with Crippen LogP contribution in [0.3, 0.4) is 0 Å². The van der Waals surface area contributed by atoms with Crippen molar-refractivity contribution in [2.45, 2.75) is 26.7 Å². The van der Waals surface area contributed by atoms with Crippen molar-refractivity contribution in [2.24, 2.45) is 5.73 Å². The van der Waals surface area contributed by atoms with E-state index in [0.29, 0.717) is 0 Å². The second-order valence-electron chi connectivity index (χ2n) is 3.15. The number of rotatable bonds is 3. The van der Waals surface area contributed by atoms with Gasteiger partial charge in [-0.1, -0.05) is 38.8 Å². The summed E-state index contributed by atoms with van der Waals surface area (Å²) >= 11 is 0. The van der Waals surface area contributed by atoms with Gasteiger partial charge in [-0.05, 0) is 6.07 Å². The van der Waals surface area contributed by atoms with Crippen LogP contribution in [0.4, 0.5) is 10.5 Å². The first kappa shape index (κ1) is 14.9. The zero-order chi connectivity index (χ0) is 13.3. The summed E-state index contributed by atoms with van der Waals surface area (Å²) in [5, 5.41) is 10.4. The molecule has 1 amide bonds. The van der Waals surface area contributed by atoms with Gasteiger partial charge in [0.2, 0.25) is 5.75 Å². The standard InChI is InChI=1S/C7H6N2O4.C4H10/c8-7(10)13-6-4-2-1-3-5(6)9(11)12;1-3-4-2/h1-4H,(H2,8,10);3-4H2,1-2H3. The summed E-state index contributed by atoms with van der Waals surface area (Å²) in [6, 6.07) is 5.48. The zero-order valence-electron chi connectivity index (χ0n) is 9.88. The van der Waals surface area contributed by atoms with Gasteiger partial charge in [0.25, 0.3) is 0 Å². The highest BCUT2D eigenvalue weighted by Gasteiger charge is 2.14. The van der Waals surface area contributed by atoms with Crippen LogP contribution in [-0.4, -0.2) is 11.0 Å². The van der Waals surface area contributed by atoms with Crippen LogP contribution < -0.4 is 10.5 Å². The van der Waals surface area contributed by atoms with E-state index in [9.17, 15) is 14.9 Å². The number of carbonyl (C=O) groups excluding carboxylic acids is 1. The Bertz CT molecular complexity index is 377. The maximum atomic E-state index is 10.4. The van der Waals surface area contributed by atoms with Gasteiger partial charge in [0.1, 0.15) is 0 Å². The lowest BCUT2D eigenvalue weighted by molar-refractivity contribution is -0.385. The highest BCUT2D eigenvalue weighted by atomic mass is 16.6. The molecule has 1 aromatic rings. The number of nitro benzene ring substituents is 1. The van der Waals surface area contributed by atoms with Crippen LogP contribution in [0.2, 0.25) is 0 Å². The third kappa shape index (κ3) is 6.14. The fourth-order valence-electron chi connectivity index (χ4n) is 0.803. The molecule has 0 spiro atoms. The molecule has 0 bridgehead atoms. The first-order chi connectivity index (χ1) is 8.02. The summed E-state index contributed by atoms with van der Waals surface area (Å²) < 4.78 is 4.40. The van der Waals surface area contributed by atoms with Crippen LogP contribution in [0, 0.1) is 10.1 Å². The Morgan fingerprint density at radius 2 is 1.88 bits per heavy atom. The van der Waals surface area contributed by atoms with Gasteiger partial charge in [0.15, 0.2) is 0 Å². The molecule has 1 rings (SSSR count). The normalized spacial score (nSPS) is 8.82. The van der Waals surface area contributed by atoms with Crippen molar-refractivity contribution in [3.8, 4) is 5.75 Å². The van der Waals surface area contributed by atoms with Crippen molar-refractivity contribution in [2.75, 3.05) is 0 Å². The van der Waals surface area contributed by atoms with Crippen molar-refractivity contribution < 1.29 is 14.5 Å². The molecule has 0 heterocycles. The zero-order valence-corrected chi connectivity index (χ0v) is 9.88. The second-order valence-corrected chi connectivity index (χ2v) is 3.15. The molecule has 1 aromatic carbocycles. The molecule has 0 aliphatic rings. The number of unbranched alkanes of at least 4 members (excludes halogenated alkanes) is 1. The molecule has 17 heavy (non-hydrogen) atoms. The molecule has 0 aliphatic heterocycles. The third-order valence-corrected chi connectivity index (χ3v) is 1.77. The average molecular weight is 240 g/mol. The highest BCUT2D eigenvalue weighted by Crippen LogP contribution is 2.25. The van der Waals surface area contributed by atoms with Crippen molar-refractivity contribution in [1.29, 1.82) is 0 Å². The molecule has 0 aromatic heterocycles.